The van der Waals surface area contributed by atoms with E-state index in [4.69, 9.17) is 0 Å². The van der Waals surface area contributed by atoms with E-state index in [1.165, 1.54) is 5.56 Å². The van der Waals surface area contributed by atoms with Gasteiger partial charge in [0.15, 0.2) is 5.69 Å². The lowest BCUT2D eigenvalue weighted by atomic mass is 9.85. The van der Waals surface area contributed by atoms with E-state index >= 15 is 0 Å². The molecular formula is C21H21N5O. The van der Waals surface area contributed by atoms with E-state index < -0.39 is 0 Å². The molecule has 6 nitrogen and oxygen atoms in total. The third-order valence-electron chi connectivity index (χ3n) is 5.85. The largest absolute Gasteiger partial charge is 0.298 e. The third-order valence-corrected chi connectivity index (χ3v) is 5.85. The molecule has 2 aliphatic heterocycles. The molecule has 5 rings (SSSR count). The van der Waals surface area contributed by atoms with Gasteiger partial charge in [-0.05, 0) is 31.0 Å². The Morgan fingerprint density at radius 2 is 1.85 bits per heavy atom. The Labute approximate surface area is 157 Å². The summed E-state index contributed by atoms with van der Waals surface area (Å²) in [7, 11) is 0. The van der Waals surface area contributed by atoms with Crippen LogP contribution < -0.4 is 5.56 Å². The zero-order valence-corrected chi connectivity index (χ0v) is 15.1. The molecule has 1 saturated heterocycles. The predicted molar refractivity (Wildman–Crippen MR) is 102 cm³/mol. The van der Waals surface area contributed by atoms with Crippen LogP contribution in [0.5, 0.6) is 0 Å². The molecule has 27 heavy (non-hydrogen) atoms. The molecule has 1 spiro atoms. The summed E-state index contributed by atoms with van der Waals surface area (Å²) in [5, 5.41) is 8.88. The second-order valence-electron chi connectivity index (χ2n) is 7.55. The fraction of sp³-hybridized carbons (Fsp3) is 0.333. The standard InChI is InChI=1S/C21H21N5O/c27-19-18(17-6-2-1-3-7-17)23-24-20-21(9-12-26(19)20)8-11-25(15-21)14-16-5-4-10-22-13-16/h1-7,10,13H,8-9,11-12,14-15H2/t21-/m0/s1. The van der Waals surface area contributed by atoms with E-state index in [9.17, 15) is 4.79 Å². The molecule has 2 aliphatic rings. The highest BCUT2D eigenvalue weighted by Gasteiger charge is 2.46. The number of hydrogen-bond donors (Lipinski definition) is 0. The van der Waals surface area contributed by atoms with E-state index in [1.54, 1.807) is 6.20 Å². The molecule has 1 aromatic carbocycles. The SMILES string of the molecule is O=c1c(-c2ccccc2)nnc2n1CC[C@]21CCN(Cc2cccnc2)C1. The molecule has 0 amide bonds. The van der Waals surface area contributed by atoms with Crippen LogP contribution in [0.15, 0.2) is 59.7 Å². The van der Waals surface area contributed by atoms with Crippen LogP contribution in [0.1, 0.15) is 24.2 Å². The van der Waals surface area contributed by atoms with Crippen molar-refractivity contribution in [3.8, 4) is 11.3 Å². The normalized spacial score (nSPS) is 21.6. The molecule has 4 heterocycles. The average Bonchev–Trinajstić information content (AvgIpc) is 3.29. The summed E-state index contributed by atoms with van der Waals surface area (Å²) in [5.41, 5.74) is 2.42. The van der Waals surface area contributed by atoms with Gasteiger partial charge in [0.25, 0.3) is 5.56 Å². The number of fused-ring (bicyclic) bond motifs is 2. The third kappa shape index (κ3) is 2.77. The molecule has 3 aromatic rings. The van der Waals surface area contributed by atoms with Gasteiger partial charge in [0.05, 0.1) is 0 Å². The number of pyridine rings is 1. The number of likely N-dealkylation sites (tertiary alicyclic amines) is 1. The van der Waals surface area contributed by atoms with Crippen LogP contribution in [0, 0.1) is 0 Å². The summed E-state index contributed by atoms with van der Waals surface area (Å²) >= 11 is 0. The van der Waals surface area contributed by atoms with E-state index in [1.807, 2.05) is 47.2 Å². The maximum Gasteiger partial charge on any atom is 0.280 e. The Balaban J connectivity index is 1.44. The highest BCUT2D eigenvalue weighted by atomic mass is 16.1. The Kier molecular flexibility index (Phi) is 3.86. The van der Waals surface area contributed by atoms with Gasteiger partial charge in [0.2, 0.25) is 0 Å². The Morgan fingerprint density at radius 3 is 2.67 bits per heavy atom. The summed E-state index contributed by atoms with van der Waals surface area (Å²) in [6.07, 6.45) is 5.70. The lowest BCUT2D eigenvalue weighted by molar-refractivity contribution is 0.299. The molecule has 0 aliphatic carbocycles. The van der Waals surface area contributed by atoms with E-state index in [0.717, 1.165) is 50.4 Å². The van der Waals surface area contributed by atoms with Gasteiger partial charge < -0.3 is 0 Å². The quantitative estimate of drug-likeness (QED) is 0.718. The second kappa shape index (κ2) is 6.39. The van der Waals surface area contributed by atoms with Crippen molar-refractivity contribution in [2.45, 2.75) is 31.3 Å². The van der Waals surface area contributed by atoms with Gasteiger partial charge in [-0.3, -0.25) is 19.2 Å². The highest BCUT2D eigenvalue weighted by molar-refractivity contribution is 5.57. The number of benzene rings is 1. The topological polar surface area (TPSA) is 63.9 Å². The number of aromatic nitrogens is 4. The second-order valence-corrected chi connectivity index (χ2v) is 7.55. The van der Waals surface area contributed by atoms with Crippen molar-refractivity contribution >= 4 is 0 Å². The minimum atomic E-state index is -0.0520. The van der Waals surface area contributed by atoms with Crippen LogP contribution in [0.3, 0.4) is 0 Å². The molecule has 6 heteroatoms. The summed E-state index contributed by atoms with van der Waals surface area (Å²) in [6, 6.07) is 13.7. The van der Waals surface area contributed by atoms with Gasteiger partial charge in [-0.15, -0.1) is 10.2 Å². The molecule has 0 radical (unpaired) electrons. The first-order chi connectivity index (χ1) is 13.3. The van der Waals surface area contributed by atoms with Crippen molar-refractivity contribution in [3.05, 3.63) is 76.6 Å². The van der Waals surface area contributed by atoms with Crippen molar-refractivity contribution < 1.29 is 0 Å². The van der Waals surface area contributed by atoms with Crippen molar-refractivity contribution in [1.29, 1.82) is 0 Å². The van der Waals surface area contributed by atoms with E-state index in [2.05, 4.69) is 26.1 Å². The number of hydrogen-bond acceptors (Lipinski definition) is 5. The molecule has 0 saturated carbocycles. The van der Waals surface area contributed by atoms with Crippen molar-refractivity contribution in [1.82, 2.24) is 24.6 Å². The Bertz CT molecular complexity index is 1020. The van der Waals surface area contributed by atoms with Crippen molar-refractivity contribution in [2.24, 2.45) is 0 Å². The summed E-state index contributed by atoms with van der Waals surface area (Å²) in [5.74, 6) is 0.862. The molecule has 0 bridgehead atoms. The Morgan fingerprint density at radius 1 is 1.00 bits per heavy atom. The average molecular weight is 359 g/mol. The number of nitrogens with zero attached hydrogens (tertiary/aromatic N) is 5. The van der Waals surface area contributed by atoms with Crippen molar-refractivity contribution in [2.75, 3.05) is 13.1 Å². The Hall–Kier alpha value is -2.86. The summed E-state index contributed by atoms with van der Waals surface area (Å²) in [6.45, 7) is 3.53. The smallest absolute Gasteiger partial charge is 0.280 e. The molecule has 1 atom stereocenters. The first kappa shape index (κ1) is 16.3. The van der Waals surface area contributed by atoms with Crippen LogP contribution in [-0.4, -0.2) is 37.7 Å². The predicted octanol–water partition coefficient (Wildman–Crippen LogP) is 2.25. The molecule has 1 fully saturated rings. The van der Waals surface area contributed by atoms with Gasteiger partial charge in [-0.2, -0.15) is 0 Å². The first-order valence-electron chi connectivity index (χ1n) is 9.40. The fourth-order valence-corrected chi connectivity index (χ4v) is 4.46. The van der Waals surface area contributed by atoms with Gasteiger partial charge in [-0.25, -0.2) is 0 Å². The zero-order valence-electron chi connectivity index (χ0n) is 15.1. The lowest BCUT2D eigenvalue weighted by Crippen LogP contribution is -2.33. The van der Waals surface area contributed by atoms with Crippen LogP contribution in [-0.2, 0) is 18.5 Å². The van der Waals surface area contributed by atoms with Gasteiger partial charge in [0.1, 0.15) is 5.82 Å². The van der Waals surface area contributed by atoms with Gasteiger partial charge >= 0.3 is 0 Å². The van der Waals surface area contributed by atoms with Gasteiger partial charge in [-0.1, -0.05) is 36.4 Å². The molecule has 0 N–H and O–H groups in total. The van der Waals surface area contributed by atoms with Crippen LogP contribution in [0.4, 0.5) is 0 Å². The van der Waals surface area contributed by atoms with E-state index in [0.29, 0.717) is 5.69 Å². The lowest BCUT2D eigenvalue weighted by Gasteiger charge is -2.23. The maximum absolute atomic E-state index is 13.0. The highest BCUT2D eigenvalue weighted by Crippen LogP contribution is 2.41. The minimum Gasteiger partial charge on any atom is -0.298 e. The van der Waals surface area contributed by atoms with E-state index in [-0.39, 0.29) is 11.0 Å². The van der Waals surface area contributed by atoms with Crippen molar-refractivity contribution in [3.63, 3.8) is 0 Å². The summed E-state index contributed by atoms with van der Waals surface area (Å²) < 4.78 is 1.85. The van der Waals surface area contributed by atoms with Crippen LogP contribution >= 0.6 is 0 Å². The van der Waals surface area contributed by atoms with Crippen LogP contribution in [0.2, 0.25) is 0 Å². The van der Waals surface area contributed by atoms with Crippen LogP contribution in [0.25, 0.3) is 11.3 Å². The molecule has 136 valence electrons. The fourth-order valence-electron chi connectivity index (χ4n) is 4.46. The zero-order chi connectivity index (χ0) is 18.3. The number of rotatable bonds is 3. The molecular weight excluding hydrogens is 338 g/mol. The van der Waals surface area contributed by atoms with Gasteiger partial charge in [0, 0.05) is 43.0 Å². The molecule has 0 unspecified atom stereocenters. The molecule has 2 aromatic heterocycles. The minimum absolute atomic E-state index is 0.0196. The summed E-state index contributed by atoms with van der Waals surface area (Å²) in [4.78, 5) is 19.7. The first-order valence-corrected chi connectivity index (χ1v) is 9.40. The monoisotopic (exact) mass is 359 g/mol. The maximum atomic E-state index is 13.0.